The normalized spacial score (nSPS) is 10.6. The summed E-state index contributed by atoms with van der Waals surface area (Å²) in [7, 11) is 0. The maximum Gasteiger partial charge on any atom is 0.140 e. The Hall–Kier alpha value is -1.35. The number of aryl methyl sites for hydroxylation is 1. The molecule has 2 aromatic rings. The molecule has 0 aliphatic carbocycles. The second kappa shape index (κ2) is 4.66. The fraction of sp³-hybridized carbons (Fsp3) is 0.231. The first kappa shape index (κ1) is 11.1. The summed E-state index contributed by atoms with van der Waals surface area (Å²) in [6, 6.07) is 10.1. The summed E-state index contributed by atoms with van der Waals surface area (Å²) in [5.41, 5.74) is 2.00. The first-order valence-corrected chi connectivity index (χ1v) is 6.14. The Labute approximate surface area is 99.1 Å². The first-order chi connectivity index (χ1) is 7.66. The van der Waals surface area contributed by atoms with Crippen molar-refractivity contribution >= 4 is 28.4 Å². The smallest absolute Gasteiger partial charge is 0.140 e. The van der Waals surface area contributed by atoms with E-state index in [2.05, 4.69) is 11.1 Å². The Kier molecular flexibility index (Phi) is 3.25. The maximum absolute atomic E-state index is 11.0. The van der Waals surface area contributed by atoms with Crippen LogP contribution in [0, 0.1) is 6.92 Å². The molecule has 1 aromatic heterocycles. The summed E-state index contributed by atoms with van der Waals surface area (Å²) >= 11 is 1.55. The molecule has 2 rings (SSSR count). The van der Waals surface area contributed by atoms with Crippen molar-refractivity contribution < 1.29 is 4.79 Å². The van der Waals surface area contributed by atoms with Crippen LogP contribution in [0.5, 0.6) is 0 Å². The molecule has 3 heteroatoms. The quantitative estimate of drug-likeness (QED) is 0.760. The van der Waals surface area contributed by atoms with Crippen molar-refractivity contribution in [1.82, 2.24) is 4.98 Å². The third-order valence-electron chi connectivity index (χ3n) is 2.25. The average Bonchev–Trinajstić information content (AvgIpc) is 2.26. The molecule has 0 aliphatic rings. The Balaban J connectivity index is 2.43. The van der Waals surface area contributed by atoms with Gasteiger partial charge in [-0.1, -0.05) is 18.2 Å². The van der Waals surface area contributed by atoms with E-state index < -0.39 is 0 Å². The predicted molar refractivity (Wildman–Crippen MR) is 67.9 cm³/mol. The fourth-order valence-corrected chi connectivity index (χ4v) is 2.35. The number of hydrogen-bond acceptors (Lipinski definition) is 3. The highest BCUT2D eigenvalue weighted by Crippen LogP contribution is 2.26. The SMILES string of the molecule is CC(=O)CSc1cccc2ccc(C)nc12. The Morgan fingerprint density at radius 3 is 2.88 bits per heavy atom. The average molecular weight is 231 g/mol. The van der Waals surface area contributed by atoms with Gasteiger partial charge in [0, 0.05) is 16.0 Å². The number of carbonyl (C=O) groups excluding carboxylic acids is 1. The molecule has 0 unspecified atom stereocenters. The van der Waals surface area contributed by atoms with Crippen molar-refractivity contribution in [2.75, 3.05) is 5.75 Å². The topological polar surface area (TPSA) is 30.0 Å². The van der Waals surface area contributed by atoms with Crippen LogP contribution in [-0.2, 0) is 4.79 Å². The van der Waals surface area contributed by atoms with Gasteiger partial charge in [-0.25, -0.2) is 0 Å². The van der Waals surface area contributed by atoms with Crippen LogP contribution >= 0.6 is 11.8 Å². The van der Waals surface area contributed by atoms with E-state index in [0.717, 1.165) is 21.5 Å². The summed E-state index contributed by atoms with van der Waals surface area (Å²) in [4.78, 5) is 16.6. The number of nitrogens with zero attached hydrogens (tertiary/aromatic N) is 1. The number of carbonyl (C=O) groups is 1. The molecule has 0 aliphatic heterocycles. The molecule has 0 radical (unpaired) electrons. The molecule has 0 bridgehead atoms. The highest BCUT2D eigenvalue weighted by molar-refractivity contribution is 8.00. The van der Waals surface area contributed by atoms with Crippen LogP contribution in [0.2, 0.25) is 0 Å². The molecule has 0 fully saturated rings. The van der Waals surface area contributed by atoms with Crippen LogP contribution in [-0.4, -0.2) is 16.5 Å². The van der Waals surface area contributed by atoms with Gasteiger partial charge in [-0.05, 0) is 26.0 Å². The second-order valence-corrected chi connectivity index (χ2v) is 4.79. The van der Waals surface area contributed by atoms with Crippen molar-refractivity contribution in [2.45, 2.75) is 18.7 Å². The number of benzene rings is 1. The van der Waals surface area contributed by atoms with Gasteiger partial charge in [0.15, 0.2) is 0 Å². The number of pyridine rings is 1. The van der Waals surface area contributed by atoms with Crippen LogP contribution in [0.15, 0.2) is 35.2 Å². The number of rotatable bonds is 3. The Bertz CT molecular complexity index is 536. The molecule has 0 N–H and O–H groups in total. The highest BCUT2D eigenvalue weighted by Gasteiger charge is 2.04. The fourth-order valence-electron chi connectivity index (χ4n) is 1.51. The van der Waals surface area contributed by atoms with Crippen LogP contribution in [0.1, 0.15) is 12.6 Å². The zero-order valence-corrected chi connectivity index (χ0v) is 10.2. The summed E-state index contributed by atoms with van der Waals surface area (Å²) in [6.45, 7) is 3.59. The zero-order valence-electron chi connectivity index (χ0n) is 9.36. The Morgan fingerprint density at radius 2 is 2.12 bits per heavy atom. The third-order valence-corrected chi connectivity index (χ3v) is 3.44. The van der Waals surface area contributed by atoms with Gasteiger partial charge in [-0.15, -0.1) is 11.8 Å². The van der Waals surface area contributed by atoms with Gasteiger partial charge in [0.25, 0.3) is 0 Å². The molecule has 0 saturated carbocycles. The molecular weight excluding hydrogens is 218 g/mol. The van der Waals surface area contributed by atoms with Gasteiger partial charge < -0.3 is 0 Å². The molecule has 1 heterocycles. The van der Waals surface area contributed by atoms with Crippen molar-refractivity contribution in [3.63, 3.8) is 0 Å². The summed E-state index contributed by atoms with van der Waals surface area (Å²) in [6.07, 6.45) is 0. The lowest BCUT2D eigenvalue weighted by molar-refractivity contribution is -0.114. The minimum Gasteiger partial charge on any atom is -0.299 e. The number of para-hydroxylation sites is 1. The predicted octanol–water partition coefficient (Wildman–Crippen LogP) is 3.22. The lowest BCUT2D eigenvalue weighted by Crippen LogP contribution is -1.94. The third kappa shape index (κ3) is 2.42. The lowest BCUT2D eigenvalue weighted by atomic mass is 10.2. The van der Waals surface area contributed by atoms with Crippen LogP contribution in [0.25, 0.3) is 10.9 Å². The van der Waals surface area contributed by atoms with Crippen molar-refractivity contribution in [3.05, 3.63) is 36.0 Å². The summed E-state index contributed by atoms with van der Waals surface area (Å²) in [5, 5.41) is 1.12. The van der Waals surface area contributed by atoms with Crippen LogP contribution in [0.4, 0.5) is 0 Å². The standard InChI is InChI=1S/C13H13NOS/c1-9-6-7-11-4-3-5-12(13(11)14-9)16-8-10(2)15/h3-7H,8H2,1-2H3. The minimum atomic E-state index is 0.189. The second-order valence-electron chi connectivity index (χ2n) is 3.77. The number of fused-ring (bicyclic) bond motifs is 1. The Morgan fingerprint density at radius 1 is 1.31 bits per heavy atom. The maximum atomic E-state index is 11.0. The molecule has 82 valence electrons. The van der Waals surface area contributed by atoms with Gasteiger partial charge in [0.2, 0.25) is 0 Å². The van der Waals surface area contributed by atoms with E-state index in [1.807, 2.05) is 31.2 Å². The number of ketones is 1. The van der Waals surface area contributed by atoms with Gasteiger partial charge in [0.05, 0.1) is 11.3 Å². The van der Waals surface area contributed by atoms with E-state index in [0.29, 0.717) is 5.75 Å². The molecule has 0 spiro atoms. The van der Waals surface area contributed by atoms with Gasteiger partial charge in [0.1, 0.15) is 5.78 Å². The van der Waals surface area contributed by atoms with Crippen molar-refractivity contribution in [2.24, 2.45) is 0 Å². The van der Waals surface area contributed by atoms with Crippen LogP contribution in [0.3, 0.4) is 0 Å². The van der Waals surface area contributed by atoms with Crippen LogP contribution < -0.4 is 0 Å². The number of hydrogen-bond donors (Lipinski definition) is 0. The van der Waals surface area contributed by atoms with Gasteiger partial charge >= 0.3 is 0 Å². The monoisotopic (exact) mass is 231 g/mol. The van der Waals surface area contributed by atoms with E-state index in [9.17, 15) is 4.79 Å². The summed E-state index contributed by atoms with van der Waals surface area (Å²) in [5.74, 6) is 0.698. The highest BCUT2D eigenvalue weighted by atomic mass is 32.2. The number of aromatic nitrogens is 1. The van der Waals surface area contributed by atoms with E-state index >= 15 is 0 Å². The van der Waals surface area contributed by atoms with Crippen molar-refractivity contribution in [3.8, 4) is 0 Å². The zero-order chi connectivity index (χ0) is 11.5. The van der Waals surface area contributed by atoms with E-state index in [-0.39, 0.29) is 5.78 Å². The molecule has 16 heavy (non-hydrogen) atoms. The number of Topliss-reactive ketones (excluding diaryl/α,β-unsaturated/α-hetero) is 1. The van der Waals surface area contributed by atoms with Crippen molar-refractivity contribution in [1.29, 1.82) is 0 Å². The van der Waals surface area contributed by atoms with E-state index in [1.165, 1.54) is 0 Å². The molecule has 0 saturated heterocycles. The summed E-state index contributed by atoms with van der Waals surface area (Å²) < 4.78 is 0. The molecule has 2 nitrogen and oxygen atoms in total. The first-order valence-electron chi connectivity index (χ1n) is 5.15. The minimum absolute atomic E-state index is 0.189. The molecular formula is C13H13NOS. The van der Waals surface area contributed by atoms with E-state index in [4.69, 9.17) is 0 Å². The van der Waals surface area contributed by atoms with Gasteiger partial charge in [-0.3, -0.25) is 9.78 Å². The van der Waals surface area contributed by atoms with Gasteiger partial charge in [-0.2, -0.15) is 0 Å². The molecule has 0 atom stereocenters. The largest absolute Gasteiger partial charge is 0.299 e. The lowest BCUT2D eigenvalue weighted by Gasteiger charge is -2.05. The molecule has 1 aromatic carbocycles. The molecule has 0 amide bonds. The van der Waals surface area contributed by atoms with E-state index in [1.54, 1.807) is 18.7 Å². The number of thioether (sulfide) groups is 1.